The molecule has 2 amide bonds. The molecule has 0 aliphatic carbocycles. The number of para-hydroxylation sites is 1. The van der Waals surface area contributed by atoms with Crippen LogP contribution in [0.1, 0.15) is 44.7 Å². The molecule has 1 aliphatic heterocycles. The van der Waals surface area contributed by atoms with E-state index in [2.05, 4.69) is 0 Å². The lowest BCUT2D eigenvalue weighted by Gasteiger charge is -2.31. The van der Waals surface area contributed by atoms with Crippen molar-refractivity contribution < 1.29 is 19.2 Å². The largest absolute Gasteiger partial charge is 0.443 e. The Balaban J connectivity index is 2.15. The van der Waals surface area contributed by atoms with Crippen LogP contribution in [0.15, 0.2) is 54.6 Å². The minimum absolute atomic E-state index is 0.401. The standard InChI is InChI=1S/C22H24N2O5/c1-21(2,3)29-20(26)24-18-13-9-8-12-16(18)22(4,19(24)25)17(14-23(27)28)15-10-6-5-7-11-15/h5-13,17H,14H2,1-4H3/t17-,22-/m1/s1. The quantitative estimate of drug-likeness (QED) is 0.568. The highest BCUT2D eigenvalue weighted by molar-refractivity contribution is 6.21. The number of ether oxygens (including phenoxy) is 1. The van der Waals surface area contributed by atoms with Crippen LogP contribution < -0.4 is 4.90 Å². The van der Waals surface area contributed by atoms with Crippen molar-refractivity contribution in [3.63, 3.8) is 0 Å². The molecular formula is C22H24N2O5. The molecule has 0 N–H and O–H groups in total. The normalized spacial score (nSPS) is 19.6. The van der Waals surface area contributed by atoms with Gasteiger partial charge in [0.25, 0.3) is 0 Å². The number of hydrogen-bond acceptors (Lipinski definition) is 5. The second kappa shape index (κ2) is 7.31. The van der Waals surface area contributed by atoms with Crippen LogP contribution in [0.3, 0.4) is 0 Å². The van der Waals surface area contributed by atoms with Crippen LogP contribution in [0.5, 0.6) is 0 Å². The zero-order valence-electron chi connectivity index (χ0n) is 16.9. The number of amides is 2. The first-order chi connectivity index (χ1) is 13.6. The fourth-order valence-corrected chi connectivity index (χ4v) is 3.85. The molecule has 0 saturated heterocycles. The summed E-state index contributed by atoms with van der Waals surface area (Å²) in [6.45, 7) is 6.38. The summed E-state index contributed by atoms with van der Waals surface area (Å²) >= 11 is 0. The summed E-state index contributed by atoms with van der Waals surface area (Å²) in [5.74, 6) is -1.27. The average molecular weight is 396 g/mol. The van der Waals surface area contributed by atoms with Crippen molar-refractivity contribution in [1.29, 1.82) is 0 Å². The Morgan fingerprint density at radius 2 is 1.72 bits per heavy atom. The SMILES string of the molecule is CC(C)(C)OC(=O)N1C(=O)[C@@](C)([C@H](C[N+](=O)[O-])c2ccccc2)c2ccccc21. The maximum Gasteiger partial charge on any atom is 0.421 e. The average Bonchev–Trinajstić information content (AvgIpc) is 2.87. The molecule has 0 saturated carbocycles. The number of nitrogens with zero attached hydrogens (tertiary/aromatic N) is 2. The van der Waals surface area contributed by atoms with E-state index in [-0.39, 0.29) is 0 Å². The molecule has 3 rings (SSSR count). The van der Waals surface area contributed by atoms with Gasteiger partial charge in [0.15, 0.2) is 0 Å². The van der Waals surface area contributed by atoms with Crippen LogP contribution in [0, 0.1) is 10.1 Å². The van der Waals surface area contributed by atoms with Gasteiger partial charge in [-0.2, -0.15) is 0 Å². The van der Waals surface area contributed by atoms with Crippen molar-refractivity contribution in [1.82, 2.24) is 0 Å². The third-order valence-electron chi connectivity index (χ3n) is 5.16. The van der Waals surface area contributed by atoms with E-state index in [1.165, 1.54) is 0 Å². The van der Waals surface area contributed by atoms with E-state index in [0.29, 0.717) is 16.8 Å². The number of nitro groups is 1. The zero-order valence-corrected chi connectivity index (χ0v) is 16.9. The van der Waals surface area contributed by atoms with E-state index >= 15 is 0 Å². The molecule has 29 heavy (non-hydrogen) atoms. The van der Waals surface area contributed by atoms with E-state index in [1.807, 2.05) is 6.07 Å². The Bertz CT molecular complexity index is 951. The number of anilines is 1. The molecule has 2 aromatic carbocycles. The molecule has 7 nitrogen and oxygen atoms in total. The van der Waals surface area contributed by atoms with Crippen LogP contribution in [-0.4, -0.2) is 29.1 Å². The highest BCUT2D eigenvalue weighted by Gasteiger charge is 2.56. The van der Waals surface area contributed by atoms with Gasteiger partial charge in [-0.05, 0) is 44.9 Å². The summed E-state index contributed by atoms with van der Waals surface area (Å²) in [6.07, 6.45) is -0.786. The Hall–Kier alpha value is -3.22. The second-order valence-corrected chi connectivity index (χ2v) is 8.32. The summed E-state index contributed by atoms with van der Waals surface area (Å²) < 4.78 is 5.44. The van der Waals surface area contributed by atoms with E-state index in [1.54, 1.807) is 76.2 Å². The summed E-state index contributed by atoms with van der Waals surface area (Å²) in [6, 6.07) is 15.8. The van der Waals surface area contributed by atoms with Gasteiger partial charge in [0.2, 0.25) is 12.5 Å². The lowest BCUT2D eigenvalue weighted by molar-refractivity contribution is -0.484. The molecule has 1 aliphatic rings. The minimum Gasteiger partial charge on any atom is -0.443 e. The number of fused-ring (bicyclic) bond motifs is 1. The predicted octanol–water partition coefficient (Wildman–Crippen LogP) is 4.29. The Morgan fingerprint density at radius 1 is 1.14 bits per heavy atom. The number of rotatable bonds is 4. The lowest BCUT2D eigenvalue weighted by atomic mass is 9.69. The van der Waals surface area contributed by atoms with E-state index in [4.69, 9.17) is 4.74 Å². The highest BCUT2D eigenvalue weighted by Crippen LogP contribution is 2.50. The van der Waals surface area contributed by atoms with Gasteiger partial charge >= 0.3 is 6.09 Å². The molecule has 0 fully saturated rings. The molecule has 0 radical (unpaired) electrons. The van der Waals surface area contributed by atoms with Crippen molar-refractivity contribution in [2.45, 2.75) is 44.6 Å². The molecular weight excluding hydrogens is 372 g/mol. The molecule has 0 bridgehead atoms. The van der Waals surface area contributed by atoms with E-state index < -0.39 is 40.4 Å². The smallest absolute Gasteiger partial charge is 0.421 e. The topological polar surface area (TPSA) is 89.8 Å². The van der Waals surface area contributed by atoms with Crippen molar-refractivity contribution in [3.05, 3.63) is 75.8 Å². The van der Waals surface area contributed by atoms with Crippen LogP contribution in [0.4, 0.5) is 10.5 Å². The predicted molar refractivity (Wildman–Crippen MR) is 109 cm³/mol. The van der Waals surface area contributed by atoms with Gasteiger partial charge < -0.3 is 4.74 Å². The number of carbonyl (C=O) groups is 2. The number of hydrogen-bond donors (Lipinski definition) is 0. The van der Waals surface area contributed by atoms with Crippen molar-refractivity contribution >= 4 is 17.7 Å². The highest BCUT2D eigenvalue weighted by atomic mass is 16.6. The fourth-order valence-electron chi connectivity index (χ4n) is 3.85. The number of benzene rings is 2. The Labute approximate surface area is 169 Å². The first-order valence-electron chi connectivity index (χ1n) is 9.39. The van der Waals surface area contributed by atoms with Gasteiger partial charge in [-0.25, -0.2) is 9.69 Å². The van der Waals surface area contributed by atoms with E-state index in [0.717, 1.165) is 4.90 Å². The van der Waals surface area contributed by atoms with Crippen LogP contribution in [0.2, 0.25) is 0 Å². The molecule has 0 spiro atoms. The lowest BCUT2D eigenvalue weighted by Crippen LogP contribution is -2.47. The minimum atomic E-state index is -1.29. The summed E-state index contributed by atoms with van der Waals surface area (Å²) in [4.78, 5) is 38.5. The molecule has 0 aromatic heterocycles. The Morgan fingerprint density at radius 3 is 2.31 bits per heavy atom. The summed E-state index contributed by atoms with van der Waals surface area (Å²) in [5, 5.41) is 11.5. The first-order valence-corrected chi connectivity index (χ1v) is 9.39. The van der Waals surface area contributed by atoms with Crippen LogP contribution in [-0.2, 0) is 14.9 Å². The first kappa shape index (κ1) is 20.5. The van der Waals surface area contributed by atoms with Gasteiger partial charge in [-0.15, -0.1) is 0 Å². The second-order valence-electron chi connectivity index (χ2n) is 8.32. The van der Waals surface area contributed by atoms with Gasteiger partial charge in [-0.1, -0.05) is 48.5 Å². The Kier molecular flexibility index (Phi) is 5.17. The van der Waals surface area contributed by atoms with Crippen molar-refractivity contribution in [2.24, 2.45) is 0 Å². The third kappa shape index (κ3) is 3.72. The molecule has 0 unspecified atom stereocenters. The van der Waals surface area contributed by atoms with Crippen molar-refractivity contribution in [3.8, 4) is 0 Å². The van der Waals surface area contributed by atoms with Gasteiger partial charge in [0.05, 0.1) is 17.0 Å². The maximum atomic E-state index is 13.6. The number of carbonyl (C=O) groups excluding carboxylic acids is 2. The number of imide groups is 1. The van der Waals surface area contributed by atoms with Gasteiger partial charge in [-0.3, -0.25) is 14.9 Å². The molecule has 2 atom stereocenters. The summed E-state index contributed by atoms with van der Waals surface area (Å²) in [7, 11) is 0. The summed E-state index contributed by atoms with van der Waals surface area (Å²) in [5.41, 5.74) is -0.432. The third-order valence-corrected chi connectivity index (χ3v) is 5.16. The van der Waals surface area contributed by atoms with E-state index in [9.17, 15) is 19.7 Å². The monoisotopic (exact) mass is 396 g/mol. The molecule has 1 heterocycles. The van der Waals surface area contributed by atoms with Gasteiger partial charge in [0.1, 0.15) is 5.60 Å². The zero-order chi connectivity index (χ0) is 21.4. The van der Waals surface area contributed by atoms with Crippen molar-refractivity contribution in [2.75, 3.05) is 11.4 Å². The molecule has 7 heteroatoms. The van der Waals surface area contributed by atoms with Crippen LogP contribution >= 0.6 is 0 Å². The molecule has 2 aromatic rings. The molecule has 152 valence electrons. The maximum absolute atomic E-state index is 13.6. The van der Waals surface area contributed by atoms with Gasteiger partial charge in [0, 0.05) is 4.92 Å². The van der Waals surface area contributed by atoms with Crippen LogP contribution in [0.25, 0.3) is 0 Å². The fraction of sp³-hybridized carbons (Fsp3) is 0.364.